The Morgan fingerprint density at radius 2 is 0.643 bits per heavy atom. The van der Waals surface area contributed by atoms with Crippen molar-refractivity contribution in [3.63, 3.8) is 0 Å². The molecule has 0 aliphatic carbocycles. The molecule has 0 atom stereocenters. The molecule has 2 N–H and O–H groups in total. The third kappa shape index (κ3) is 266. The summed E-state index contributed by atoms with van der Waals surface area (Å²) >= 11 is 0. The molecule has 0 aliphatic heterocycles. The maximum absolute atomic E-state index is 8.33. The quantitative estimate of drug-likeness (QED) is 0.390. The van der Waals surface area contributed by atoms with Crippen molar-refractivity contribution >= 4 is 12.3 Å². The molecule has 7 nitrogen and oxygen atoms in total. The van der Waals surface area contributed by atoms with Crippen molar-refractivity contribution in [1.82, 2.24) is 0 Å². The third-order valence-electron chi connectivity index (χ3n) is 0. The van der Waals surface area contributed by atoms with E-state index in [0.717, 1.165) is 0 Å². The predicted octanol–water partition coefficient (Wildman–Crippen LogP) is -20.6. The molecule has 0 saturated carbocycles. The van der Waals surface area contributed by atoms with E-state index >= 15 is 0 Å². The fourth-order valence-corrected chi connectivity index (χ4v) is 0. The summed E-state index contributed by atoms with van der Waals surface area (Å²) < 4.78 is 0. The van der Waals surface area contributed by atoms with Gasteiger partial charge < -0.3 is 36.9 Å². The topological polar surface area (TPSA) is 158 Å². The van der Waals surface area contributed by atoms with E-state index in [-0.39, 0.29) is 155 Å². The summed E-state index contributed by atoms with van der Waals surface area (Å²) in [4.78, 5) is 16.7. The minimum absolute atomic E-state index is 0. The van der Waals surface area contributed by atoms with Crippen LogP contribution in [0.4, 0.5) is 9.59 Å². The van der Waals surface area contributed by atoms with Crippen molar-refractivity contribution in [3.05, 3.63) is 0 Å². The molecule has 12 heteroatoms. The zero-order chi connectivity index (χ0) is 7.15. The van der Waals surface area contributed by atoms with Gasteiger partial charge >= 0.3 is 148 Å². The van der Waals surface area contributed by atoms with Crippen LogP contribution in [0, 0.1) is 0 Å². The Kier molecular flexibility index (Phi) is 166. The monoisotopic (exact) mass is 254 g/mol. The second-order valence-corrected chi connectivity index (χ2v) is 0.500. The first-order valence-electron chi connectivity index (χ1n) is 1.22. The summed E-state index contributed by atoms with van der Waals surface area (Å²) in [6, 6.07) is 0. The number of carbonyl (C=O) groups is 2. The summed E-state index contributed by atoms with van der Waals surface area (Å²) in [5.41, 5.74) is 0. The molecule has 0 rings (SSSR count). The van der Waals surface area contributed by atoms with Crippen LogP contribution in [0.3, 0.4) is 0 Å². The minimum atomic E-state index is -2.33. The molecule has 0 aliphatic rings. The fraction of sp³-hybridized carbons (Fsp3) is 0. The summed E-state index contributed by atoms with van der Waals surface area (Å²) in [5, 5.41) is 33.3. The van der Waals surface area contributed by atoms with Crippen LogP contribution in [-0.4, -0.2) is 17.8 Å². The molecule has 0 aromatic heterocycles. The van der Waals surface area contributed by atoms with Crippen molar-refractivity contribution < 1.29 is 185 Å². The first kappa shape index (κ1) is 52.8. The van der Waals surface area contributed by atoms with Gasteiger partial charge in [0, 0.05) is 0 Å². The van der Waals surface area contributed by atoms with Gasteiger partial charge in [0.25, 0.3) is 0 Å². The maximum Gasteiger partial charge on any atom is 1.00 e. The fourth-order valence-electron chi connectivity index (χ4n) is 0. The standard InChI is InChI=1S/2CH2O3.5Na.H2O.H/c2*2-1(3)4;;;;;;;/h2*(H2,2,3,4);;;;;;1H2;/q;;5*+1;;-1/p-4. The predicted molar refractivity (Wildman–Crippen MR) is 15.5 cm³/mol. The number of carboxylic acid groups (broad SMARTS) is 4. The summed E-state index contributed by atoms with van der Waals surface area (Å²) in [7, 11) is 0. The molecule has 0 aromatic carbocycles. The van der Waals surface area contributed by atoms with E-state index in [1.807, 2.05) is 0 Å². The molecular formula is C2H3Na5O7. The molecule has 58 valence electrons. The SMILES string of the molecule is O.O=C([O-])[O-].O=C([O-])[O-].[H-].[Na+].[Na+].[Na+].[Na+].[Na+]. The van der Waals surface area contributed by atoms with E-state index < -0.39 is 12.3 Å². The second-order valence-electron chi connectivity index (χ2n) is 0.500. The van der Waals surface area contributed by atoms with E-state index in [2.05, 4.69) is 0 Å². The van der Waals surface area contributed by atoms with Gasteiger partial charge in [0.2, 0.25) is 0 Å². The Hall–Kier alpha value is 3.50. The molecule has 0 aromatic rings. The molecule has 14 heavy (non-hydrogen) atoms. The van der Waals surface area contributed by atoms with Crippen molar-refractivity contribution in [2.75, 3.05) is 0 Å². The van der Waals surface area contributed by atoms with Gasteiger partial charge in [-0.15, -0.1) is 0 Å². The van der Waals surface area contributed by atoms with Crippen molar-refractivity contribution in [1.29, 1.82) is 0 Å². The molecule has 0 spiro atoms. The van der Waals surface area contributed by atoms with Crippen LogP contribution >= 0.6 is 0 Å². The molecule has 0 unspecified atom stereocenters. The first-order chi connectivity index (χ1) is 3.46. The van der Waals surface area contributed by atoms with Gasteiger partial charge in [0.05, 0.1) is 0 Å². The zero-order valence-electron chi connectivity index (χ0n) is 9.95. The van der Waals surface area contributed by atoms with Gasteiger partial charge in [-0.3, -0.25) is 0 Å². The Labute approximate surface area is 193 Å². The molecule has 0 amide bonds. The molecule has 0 fully saturated rings. The smallest absolute Gasteiger partial charge is 1.00 e. The molecule has 0 heterocycles. The first-order valence-corrected chi connectivity index (χ1v) is 1.22. The van der Waals surface area contributed by atoms with Gasteiger partial charge in [-0.2, -0.15) is 0 Å². The average molecular weight is 254 g/mol. The van der Waals surface area contributed by atoms with Crippen LogP contribution in [-0.2, 0) is 0 Å². The summed E-state index contributed by atoms with van der Waals surface area (Å²) in [5.74, 6) is 0. The van der Waals surface area contributed by atoms with Crippen LogP contribution < -0.4 is 168 Å². The Morgan fingerprint density at radius 1 is 0.643 bits per heavy atom. The van der Waals surface area contributed by atoms with Gasteiger partial charge in [-0.05, 0) is 12.3 Å². The normalized spacial score (nSPS) is 3.43. The molecule has 0 saturated heterocycles. The second kappa shape index (κ2) is 43.9. The van der Waals surface area contributed by atoms with Crippen molar-refractivity contribution in [2.45, 2.75) is 0 Å². The van der Waals surface area contributed by atoms with Crippen LogP contribution in [0.25, 0.3) is 0 Å². The summed E-state index contributed by atoms with van der Waals surface area (Å²) in [6.07, 6.45) is -4.67. The molecular weight excluding hydrogens is 251 g/mol. The number of hydrogen-bond donors (Lipinski definition) is 0. The van der Waals surface area contributed by atoms with Crippen molar-refractivity contribution in [2.24, 2.45) is 0 Å². The molecule has 0 bridgehead atoms. The van der Waals surface area contributed by atoms with Gasteiger partial charge in [-0.1, -0.05) is 0 Å². The van der Waals surface area contributed by atoms with E-state index in [9.17, 15) is 0 Å². The van der Waals surface area contributed by atoms with E-state index in [0.29, 0.717) is 0 Å². The zero-order valence-corrected chi connectivity index (χ0v) is 18.9. The maximum atomic E-state index is 8.33. The minimum Gasteiger partial charge on any atom is -1.00 e. The van der Waals surface area contributed by atoms with E-state index in [1.165, 1.54) is 0 Å². The van der Waals surface area contributed by atoms with Crippen LogP contribution in [0.15, 0.2) is 0 Å². The third-order valence-corrected chi connectivity index (χ3v) is 0. The van der Waals surface area contributed by atoms with Gasteiger partial charge in [-0.25, -0.2) is 0 Å². The number of hydrogen-bond acceptors (Lipinski definition) is 6. The number of carbonyl (C=O) groups excluding carboxylic acids is 2. The average Bonchev–Trinajstić information content (AvgIpc) is 1.25. The van der Waals surface area contributed by atoms with E-state index in [4.69, 9.17) is 30.0 Å². The van der Waals surface area contributed by atoms with Gasteiger partial charge in [0.1, 0.15) is 0 Å². The Balaban J connectivity index is -0.00000000468. The van der Waals surface area contributed by atoms with Crippen LogP contribution in [0.2, 0.25) is 0 Å². The van der Waals surface area contributed by atoms with Gasteiger partial charge in [0.15, 0.2) is 0 Å². The Morgan fingerprint density at radius 3 is 0.643 bits per heavy atom. The summed E-state index contributed by atoms with van der Waals surface area (Å²) in [6.45, 7) is 0. The molecule has 0 radical (unpaired) electrons. The Bertz CT molecular complexity index is 83.4. The van der Waals surface area contributed by atoms with Crippen LogP contribution in [0.1, 0.15) is 1.43 Å². The number of rotatable bonds is 0. The largest absolute Gasteiger partial charge is 1.00 e. The van der Waals surface area contributed by atoms with Crippen molar-refractivity contribution in [3.8, 4) is 0 Å². The van der Waals surface area contributed by atoms with Crippen LogP contribution in [0.5, 0.6) is 0 Å². The van der Waals surface area contributed by atoms with E-state index in [1.54, 1.807) is 0 Å².